The van der Waals surface area contributed by atoms with Crippen LogP contribution in [0.1, 0.15) is 11.1 Å². The number of hydrogen-bond acceptors (Lipinski definition) is 5. The van der Waals surface area contributed by atoms with Crippen molar-refractivity contribution in [3.05, 3.63) is 33.4 Å². The van der Waals surface area contributed by atoms with Gasteiger partial charge in [-0.3, -0.25) is 14.9 Å². The predicted octanol–water partition coefficient (Wildman–Crippen LogP) is 0.917. The molecular weight excluding hydrogens is 300 g/mol. The van der Waals surface area contributed by atoms with Crippen molar-refractivity contribution in [2.75, 3.05) is 13.1 Å². The van der Waals surface area contributed by atoms with Crippen molar-refractivity contribution >= 4 is 21.7 Å². The summed E-state index contributed by atoms with van der Waals surface area (Å²) in [6.45, 7) is 2.92. The molecule has 0 atom stereocenters. The lowest BCUT2D eigenvalue weighted by Crippen LogP contribution is -2.52. The van der Waals surface area contributed by atoms with Gasteiger partial charge in [0.05, 0.1) is 15.7 Å². The van der Waals surface area contributed by atoms with Gasteiger partial charge in [-0.1, -0.05) is 0 Å². The highest BCUT2D eigenvalue weighted by Crippen LogP contribution is 2.30. The van der Waals surface area contributed by atoms with Gasteiger partial charge in [0.1, 0.15) is 0 Å². The molecule has 0 spiro atoms. The predicted molar refractivity (Wildman–Crippen MR) is 72.5 cm³/mol. The maximum atomic E-state index is 12.3. The molecule has 1 fully saturated rings. The molecule has 0 radical (unpaired) electrons. The molecule has 2 rings (SSSR count). The molecular formula is C12H14N2O6S. The fraction of sp³-hybridized carbons (Fsp3) is 0.417. The second-order valence-electron chi connectivity index (χ2n) is 5.00. The summed E-state index contributed by atoms with van der Waals surface area (Å²) in [4.78, 5) is 20.9. The van der Waals surface area contributed by atoms with Gasteiger partial charge >= 0.3 is 5.97 Å². The smallest absolute Gasteiger partial charge is 0.309 e. The Morgan fingerprint density at radius 1 is 1.38 bits per heavy atom. The monoisotopic (exact) mass is 314 g/mol. The third kappa shape index (κ3) is 2.61. The van der Waals surface area contributed by atoms with Crippen molar-refractivity contribution in [2.24, 2.45) is 5.92 Å². The average molecular weight is 314 g/mol. The quantitative estimate of drug-likeness (QED) is 0.652. The fourth-order valence-electron chi connectivity index (χ4n) is 2.09. The molecule has 0 bridgehead atoms. The van der Waals surface area contributed by atoms with E-state index in [-0.39, 0.29) is 23.7 Å². The van der Waals surface area contributed by atoms with Crippen LogP contribution in [0.15, 0.2) is 17.0 Å². The number of carboxylic acid groups (broad SMARTS) is 1. The largest absolute Gasteiger partial charge is 0.481 e. The number of benzene rings is 1. The first-order valence-corrected chi connectivity index (χ1v) is 7.57. The molecule has 21 heavy (non-hydrogen) atoms. The van der Waals surface area contributed by atoms with Gasteiger partial charge in [0, 0.05) is 24.7 Å². The Labute approximate surface area is 121 Å². The van der Waals surface area contributed by atoms with E-state index in [4.69, 9.17) is 5.11 Å². The maximum Gasteiger partial charge on any atom is 0.309 e. The number of aryl methyl sites for hydroxylation is 1. The summed E-state index contributed by atoms with van der Waals surface area (Å²) in [5, 5.41) is 19.7. The Hall–Kier alpha value is -2.00. The first-order chi connectivity index (χ1) is 9.64. The maximum absolute atomic E-state index is 12.3. The van der Waals surface area contributed by atoms with Crippen LogP contribution in [0, 0.1) is 29.9 Å². The standard InChI is InChI=1S/C12H14N2O6S/c1-7-3-10(4-11(8(7)2)14(17)18)21(19,20)13-5-9(6-13)12(15)16/h3-4,9H,5-6H2,1-2H3,(H,15,16). The molecule has 0 unspecified atom stereocenters. The zero-order chi connectivity index (χ0) is 15.9. The summed E-state index contributed by atoms with van der Waals surface area (Å²) in [5.41, 5.74) is 0.646. The molecule has 1 N–H and O–H groups in total. The summed E-state index contributed by atoms with van der Waals surface area (Å²) < 4.78 is 25.7. The third-order valence-corrected chi connectivity index (χ3v) is 5.45. The molecule has 0 aromatic heterocycles. The molecule has 0 amide bonds. The number of nitrogens with zero attached hydrogens (tertiary/aromatic N) is 2. The molecule has 0 saturated carbocycles. The van der Waals surface area contributed by atoms with Crippen LogP contribution < -0.4 is 0 Å². The molecule has 1 saturated heterocycles. The zero-order valence-corrected chi connectivity index (χ0v) is 12.3. The number of sulfonamides is 1. The number of carboxylic acids is 1. The van der Waals surface area contributed by atoms with Crippen LogP contribution in [0.3, 0.4) is 0 Å². The van der Waals surface area contributed by atoms with Gasteiger partial charge in [-0.25, -0.2) is 8.42 Å². The van der Waals surface area contributed by atoms with Crippen LogP contribution in [0.5, 0.6) is 0 Å². The van der Waals surface area contributed by atoms with Crippen molar-refractivity contribution in [1.29, 1.82) is 0 Å². The molecule has 9 heteroatoms. The number of nitro groups is 1. The van der Waals surface area contributed by atoms with E-state index >= 15 is 0 Å². The van der Waals surface area contributed by atoms with E-state index in [1.165, 1.54) is 6.07 Å². The van der Waals surface area contributed by atoms with E-state index in [0.29, 0.717) is 11.1 Å². The Balaban J connectivity index is 2.38. The number of rotatable bonds is 4. The molecule has 114 valence electrons. The van der Waals surface area contributed by atoms with E-state index in [2.05, 4.69) is 0 Å². The molecule has 1 aromatic carbocycles. The van der Waals surface area contributed by atoms with Crippen molar-refractivity contribution in [3.63, 3.8) is 0 Å². The lowest BCUT2D eigenvalue weighted by molar-refractivity contribution is -0.385. The Morgan fingerprint density at radius 3 is 2.43 bits per heavy atom. The lowest BCUT2D eigenvalue weighted by atomic mass is 10.0. The third-order valence-electron chi connectivity index (χ3n) is 3.65. The summed E-state index contributed by atoms with van der Waals surface area (Å²) in [5.74, 6) is -1.77. The highest BCUT2D eigenvalue weighted by molar-refractivity contribution is 7.89. The van der Waals surface area contributed by atoms with E-state index in [1.807, 2.05) is 0 Å². The summed E-state index contributed by atoms with van der Waals surface area (Å²) in [6.07, 6.45) is 0. The van der Waals surface area contributed by atoms with Gasteiger partial charge in [-0.15, -0.1) is 0 Å². The fourth-order valence-corrected chi connectivity index (χ4v) is 3.72. The minimum absolute atomic E-state index is 0.113. The Kier molecular flexibility index (Phi) is 3.72. The molecule has 1 aliphatic rings. The van der Waals surface area contributed by atoms with E-state index in [9.17, 15) is 23.3 Å². The van der Waals surface area contributed by atoms with Crippen LogP contribution in [0.4, 0.5) is 5.69 Å². The van der Waals surface area contributed by atoms with Gasteiger partial charge in [0.25, 0.3) is 5.69 Å². The van der Waals surface area contributed by atoms with E-state index in [0.717, 1.165) is 10.4 Å². The second kappa shape index (κ2) is 5.08. The van der Waals surface area contributed by atoms with Gasteiger partial charge in [0.2, 0.25) is 10.0 Å². The normalized spacial score (nSPS) is 16.5. The van der Waals surface area contributed by atoms with E-state index < -0.39 is 26.8 Å². The molecule has 1 aliphatic heterocycles. The molecule has 1 aromatic rings. The van der Waals surface area contributed by atoms with Gasteiger partial charge in [0.15, 0.2) is 0 Å². The van der Waals surface area contributed by atoms with Crippen LogP contribution >= 0.6 is 0 Å². The first-order valence-electron chi connectivity index (χ1n) is 6.13. The summed E-state index contributed by atoms with van der Waals surface area (Å²) >= 11 is 0. The van der Waals surface area contributed by atoms with Crippen LogP contribution in [0.2, 0.25) is 0 Å². The first kappa shape index (κ1) is 15.4. The lowest BCUT2D eigenvalue weighted by Gasteiger charge is -2.35. The molecule has 0 aliphatic carbocycles. The second-order valence-corrected chi connectivity index (χ2v) is 6.94. The van der Waals surface area contributed by atoms with Crippen molar-refractivity contribution in [3.8, 4) is 0 Å². The van der Waals surface area contributed by atoms with Gasteiger partial charge in [-0.05, 0) is 25.5 Å². The summed E-state index contributed by atoms with van der Waals surface area (Å²) in [7, 11) is -3.90. The Morgan fingerprint density at radius 2 is 1.95 bits per heavy atom. The highest BCUT2D eigenvalue weighted by atomic mass is 32.2. The van der Waals surface area contributed by atoms with Crippen LogP contribution in [0.25, 0.3) is 0 Å². The molecule has 1 heterocycles. The van der Waals surface area contributed by atoms with Crippen molar-refractivity contribution in [2.45, 2.75) is 18.7 Å². The summed E-state index contributed by atoms with van der Waals surface area (Å²) in [6, 6.07) is 2.39. The van der Waals surface area contributed by atoms with Crippen LogP contribution in [-0.2, 0) is 14.8 Å². The van der Waals surface area contributed by atoms with Gasteiger partial charge in [-0.2, -0.15) is 4.31 Å². The topological polar surface area (TPSA) is 118 Å². The average Bonchev–Trinajstić information content (AvgIpc) is 2.28. The minimum atomic E-state index is -3.90. The van der Waals surface area contributed by atoms with Gasteiger partial charge < -0.3 is 5.11 Å². The van der Waals surface area contributed by atoms with Crippen molar-refractivity contribution in [1.82, 2.24) is 4.31 Å². The number of nitro benzene ring substituents is 1. The van der Waals surface area contributed by atoms with Crippen LogP contribution in [-0.4, -0.2) is 41.8 Å². The van der Waals surface area contributed by atoms with Crippen molar-refractivity contribution < 1.29 is 23.2 Å². The molecule has 8 nitrogen and oxygen atoms in total. The number of hydrogen-bond donors (Lipinski definition) is 1. The number of aliphatic carboxylic acids is 1. The highest BCUT2D eigenvalue weighted by Gasteiger charge is 2.41. The van der Waals surface area contributed by atoms with E-state index in [1.54, 1.807) is 13.8 Å². The number of carbonyl (C=O) groups is 1. The SMILES string of the molecule is Cc1cc(S(=O)(=O)N2CC(C(=O)O)C2)cc([N+](=O)[O-])c1C. The minimum Gasteiger partial charge on any atom is -0.481 e. The Bertz CT molecular complexity index is 722. The zero-order valence-electron chi connectivity index (χ0n) is 11.4.